The number of nitrogens with zero attached hydrogens (tertiary/aromatic N) is 3. The number of benzene rings is 2. The number of nitrogens with one attached hydrogen (secondary N) is 1. The van der Waals surface area contributed by atoms with Crippen LogP contribution >= 0.6 is 0 Å². The van der Waals surface area contributed by atoms with Crippen molar-refractivity contribution in [2.45, 2.75) is 41.0 Å². The van der Waals surface area contributed by atoms with Gasteiger partial charge in [0.2, 0.25) is 0 Å². The minimum absolute atomic E-state index is 0.610. The molecular formula is C26H30N4O2. The molecule has 6 nitrogen and oxygen atoms in total. The number of anilines is 2. The summed E-state index contributed by atoms with van der Waals surface area (Å²) in [7, 11) is 1.68. The van der Waals surface area contributed by atoms with Gasteiger partial charge in [-0.2, -0.15) is 5.10 Å². The number of ether oxygens (including phenoxy) is 2. The molecule has 0 unspecified atom stereocenters. The summed E-state index contributed by atoms with van der Waals surface area (Å²) in [4.78, 5) is 0. The molecular weight excluding hydrogens is 400 g/mol. The van der Waals surface area contributed by atoms with E-state index in [1.807, 2.05) is 32.0 Å². The van der Waals surface area contributed by atoms with Gasteiger partial charge in [-0.1, -0.05) is 19.1 Å². The van der Waals surface area contributed by atoms with Crippen molar-refractivity contribution in [3.8, 4) is 17.2 Å². The molecule has 0 saturated carbocycles. The van der Waals surface area contributed by atoms with Crippen molar-refractivity contribution in [2.24, 2.45) is 0 Å². The minimum atomic E-state index is 0.610. The van der Waals surface area contributed by atoms with Crippen LogP contribution in [0.4, 0.5) is 11.5 Å². The topological polar surface area (TPSA) is 61.2 Å². The maximum absolute atomic E-state index is 5.72. The minimum Gasteiger partial charge on any atom is -0.494 e. The quantitative estimate of drug-likeness (QED) is 0.386. The van der Waals surface area contributed by atoms with Crippen molar-refractivity contribution in [2.75, 3.05) is 19.0 Å². The predicted octanol–water partition coefficient (Wildman–Crippen LogP) is 6.06. The van der Waals surface area contributed by atoms with Gasteiger partial charge in [-0.3, -0.25) is 0 Å². The molecule has 0 fully saturated rings. The number of hydrogen-bond acceptors (Lipinski definition) is 5. The summed E-state index contributed by atoms with van der Waals surface area (Å²) in [5, 5.41) is 14.6. The summed E-state index contributed by atoms with van der Waals surface area (Å²) in [6.07, 6.45) is 1.01. The smallest absolute Gasteiger partial charge is 0.162 e. The lowest BCUT2D eigenvalue weighted by atomic mass is 10.1. The number of hydrogen-bond donors (Lipinski definition) is 1. The van der Waals surface area contributed by atoms with E-state index >= 15 is 0 Å². The van der Waals surface area contributed by atoms with Gasteiger partial charge in [0, 0.05) is 33.9 Å². The summed E-state index contributed by atoms with van der Waals surface area (Å²) >= 11 is 0. The van der Waals surface area contributed by atoms with Crippen LogP contribution in [0.3, 0.4) is 0 Å². The number of rotatable bonds is 7. The summed E-state index contributed by atoms with van der Waals surface area (Å²) in [6, 6.07) is 14.4. The van der Waals surface area contributed by atoms with Crippen LogP contribution < -0.4 is 14.8 Å². The van der Waals surface area contributed by atoms with Gasteiger partial charge in [0.1, 0.15) is 11.5 Å². The lowest BCUT2D eigenvalue weighted by Crippen LogP contribution is -2.03. The molecule has 0 radical (unpaired) electrons. The third-order valence-electron chi connectivity index (χ3n) is 5.87. The highest BCUT2D eigenvalue weighted by molar-refractivity contribution is 5.99. The van der Waals surface area contributed by atoms with Crippen molar-refractivity contribution in [1.82, 2.24) is 14.8 Å². The highest BCUT2D eigenvalue weighted by Crippen LogP contribution is 2.38. The molecule has 0 aliphatic carbocycles. The van der Waals surface area contributed by atoms with E-state index in [1.165, 1.54) is 5.56 Å². The lowest BCUT2D eigenvalue weighted by molar-refractivity contribution is 0.336. The summed E-state index contributed by atoms with van der Waals surface area (Å²) in [5.41, 5.74) is 6.32. The van der Waals surface area contributed by atoms with E-state index in [2.05, 4.69) is 65.1 Å². The number of aryl methyl sites for hydroxylation is 4. The van der Waals surface area contributed by atoms with Crippen LogP contribution in [-0.2, 0) is 6.42 Å². The molecule has 0 atom stereocenters. The van der Waals surface area contributed by atoms with Gasteiger partial charge in [0.05, 0.1) is 25.1 Å². The molecule has 4 aromatic rings. The Morgan fingerprint density at radius 3 is 2.28 bits per heavy atom. The number of methoxy groups -OCH3 is 1. The van der Waals surface area contributed by atoms with Crippen LogP contribution in [0.15, 0.2) is 42.5 Å². The zero-order chi connectivity index (χ0) is 22.8. The monoisotopic (exact) mass is 430 g/mol. The summed E-state index contributed by atoms with van der Waals surface area (Å²) in [6.45, 7) is 11.0. The first-order valence-corrected chi connectivity index (χ1v) is 11.0. The first-order chi connectivity index (χ1) is 15.5. The Hall–Kier alpha value is -3.54. The largest absolute Gasteiger partial charge is 0.494 e. The number of aromatic nitrogens is 3. The lowest BCUT2D eigenvalue weighted by Gasteiger charge is -2.15. The van der Waals surface area contributed by atoms with E-state index in [0.29, 0.717) is 6.61 Å². The van der Waals surface area contributed by atoms with Crippen LogP contribution in [0, 0.1) is 20.8 Å². The Kier molecular flexibility index (Phi) is 6.04. The van der Waals surface area contributed by atoms with Gasteiger partial charge in [-0.25, -0.2) is 0 Å². The molecule has 0 saturated heterocycles. The van der Waals surface area contributed by atoms with E-state index < -0.39 is 0 Å². The summed E-state index contributed by atoms with van der Waals surface area (Å²) < 4.78 is 13.6. The molecule has 2 aromatic carbocycles. The SMILES string of the molecule is CCOc1ccc(-n2c(C)c3c(C)nnc(Nc4ccc(CC)cc4)c3c2C)c(OC)c1. The average molecular weight is 431 g/mol. The van der Waals surface area contributed by atoms with E-state index in [1.54, 1.807) is 7.11 Å². The second-order valence-electron chi connectivity index (χ2n) is 7.83. The first kappa shape index (κ1) is 21.7. The Morgan fingerprint density at radius 1 is 0.906 bits per heavy atom. The Labute approximate surface area is 189 Å². The fourth-order valence-corrected chi connectivity index (χ4v) is 4.30. The molecule has 0 bridgehead atoms. The second kappa shape index (κ2) is 8.91. The fraction of sp³-hybridized carbons (Fsp3) is 0.308. The molecule has 166 valence electrons. The highest BCUT2D eigenvalue weighted by Gasteiger charge is 2.21. The maximum atomic E-state index is 5.72. The van der Waals surface area contributed by atoms with Crippen molar-refractivity contribution in [3.05, 3.63) is 65.1 Å². The molecule has 32 heavy (non-hydrogen) atoms. The molecule has 0 aliphatic heterocycles. The second-order valence-corrected chi connectivity index (χ2v) is 7.83. The standard InChI is InChI=1S/C26H30N4O2/c1-7-19-9-11-20(12-10-19)27-26-25-18(5)30(17(4)24(25)16(3)28-29-26)22-14-13-21(32-8-2)15-23(22)31-6/h9-15H,7-8H2,1-6H3,(H,27,29). The third kappa shape index (κ3) is 3.77. The van der Waals surface area contributed by atoms with E-state index in [0.717, 1.165) is 63.0 Å². The Balaban J connectivity index is 1.87. The normalized spacial score (nSPS) is 11.1. The van der Waals surface area contributed by atoms with Crippen LogP contribution in [0.25, 0.3) is 16.5 Å². The molecule has 4 rings (SSSR count). The maximum Gasteiger partial charge on any atom is 0.162 e. The van der Waals surface area contributed by atoms with Crippen molar-refractivity contribution < 1.29 is 9.47 Å². The zero-order valence-electron chi connectivity index (χ0n) is 19.6. The molecule has 6 heteroatoms. The molecule has 0 spiro atoms. The van der Waals surface area contributed by atoms with Crippen LogP contribution in [-0.4, -0.2) is 28.5 Å². The van der Waals surface area contributed by atoms with E-state index in [9.17, 15) is 0 Å². The molecule has 2 aromatic heterocycles. The number of fused-ring (bicyclic) bond motifs is 1. The van der Waals surface area contributed by atoms with Gasteiger partial charge in [0.25, 0.3) is 0 Å². The van der Waals surface area contributed by atoms with E-state index in [-0.39, 0.29) is 0 Å². The predicted molar refractivity (Wildman–Crippen MR) is 130 cm³/mol. The molecule has 0 aliphatic rings. The highest BCUT2D eigenvalue weighted by atomic mass is 16.5. The Morgan fingerprint density at radius 2 is 1.62 bits per heavy atom. The van der Waals surface area contributed by atoms with Gasteiger partial charge < -0.3 is 19.4 Å². The van der Waals surface area contributed by atoms with Crippen LogP contribution in [0.5, 0.6) is 11.5 Å². The molecule has 2 heterocycles. The van der Waals surface area contributed by atoms with Crippen LogP contribution in [0.1, 0.15) is 36.5 Å². The Bertz CT molecular complexity index is 1260. The van der Waals surface area contributed by atoms with E-state index in [4.69, 9.17) is 9.47 Å². The summed E-state index contributed by atoms with van der Waals surface area (Å²) in [5.74, 6) is 2.29. The van der Waals surface area contributed by atoms with Crippen molar-refractivity contribution in [1.29, 1.82) is 0 Å². The van der Waals surface area contributed by atoms with Gasteiger partial charge in [-0.15, -0.1) is 5.10 Å². The average Bonchev–Trinajstić information content (AvgIpc) is 3.07. The molecule has 0 amide bonds. The fourth-order valence-electron chi connectivity index (χ4n) is 4.30. The molecule has 1 N–H and O–H groups in total. The third-order valence-corrected chi connectivity index (χ3v) is 5.87. The van der Waals surface area contributed by atoms with Crippen LogP contribution in [0.2, 0.25) is 0 Å². The van der Waals surface area contributed by atoms with Gasteiger partial charge in [-0.05, 0) is 63.9 Å². The first-order valence-electron chi connectivity index (χ1n) is 11.0. The zero-order valence-corrected chi connectivity index (χ0v) is 19.6. The van der Waals surface area contributed by atoms with Crippen molar-refractivity contribution in [3.63, 3.8) is 0 Å². The van der Waals surface area contributed by atoms with Crippen molar-refractivity contribution >= 4 is 22.3 Å². The van der Waals surface area contributed by atoms with Gasteiger partial charge in [0.15, 0.2) is 5.82 Å². The van der Waals surface area contributed by atoms with Gasteiger partial charge >= 0.3 is 0 Å².